The fourth-order valence-corrected chi connectivity index (χ4v) is 1.11. The molecule has 0 aliphatic rings. The van der Waals surface area contributed by atoms with Gasteiger partial charge in [-0.3, -0.25) is 0 Å². The maximum absolute atomic E-state index is 5.75. The third-order valence-electron chi connectivity index (χ3n) is 2.03. The van der Waals surface area contributed by atoms with Crippen LogP contribution in [0, 0.1) is 0 Å². The van der Waals surface area contributed by atoms with E-state index in [1.54, 1.807) is 6.20 Å². The maximum Gasteiger partial charge on any atom is 0.213 e. The molecule has 0 aliphatic heterocycles. The lowest BCUT2D eigenvalue weighted by Gasteiger charge is -2.08. The van der Waals surface area contributed by atoms with Crippen LogP contribution >= 0.6 is 0 Å². The van der Waals surface area contributed by atoms with Gasteiger partial charge in [0.05, 0.1) is 6.61 Å². The highest BCUT2D eigenvalue weighted by atomic mass is 16.5. The van der Waals surface area contributed by atoms with E-state index in [0.29, 0.717) is 5.88 Å². The van der Waals surface area contributed by atoms with Gasteiger partial charge in [-0.05, 0) is 25.0 Å². The lowest BCUT2D eigenvalue weighted by Crippen LogP contribution is -2.06. The zero-order valence-electron chi connectivity index (χ0n) is 8.86. The fourth-order valence-electron chi connectivity index (χ4n) is 1.11. The van der Waals surface area contributed by atoms with Crippen LogP contribution in [-0.4, -0.2) is 11.6 Å². The molecule has 0 spiro atoms. The van der Waals surface area contributed by atoms with E-state index in [9.17, 15) is 0 Å². The molecule has 14 heavy (non-hydrogen) atoms. The summed E-state index contributed by atoms with van der Waals surface area (Å²) in [5.41, 5.74) is 6.82. The highest BCUT2D eigenvalue weighted by Gasteiger charge is 2.01. The average molecular weight is 194 g/mol. The predicted molar refractivity (Wildman–Crippen MR) is 57.2 cm³/mol. The number of nitrogens with zero attached hydrogens (tertiary/aromatic N) is 1. The van der Waals surface area contributed by atoms with Gasteiger partial charge in [-0.2, -0.15) is 0 Å². The van der Waals surface area contributed by atoms with Crippen LogP contribution in [0.3, 0.4) is 0 Å². The summed E-state index contributed by atoms with van der Waals surface area (Å²) in [6, 6.07) is 3.85. The average Bonchev–Trinajstić information content (AvgIpc) is 2.19. The summed E-state index contributed by atoms with van der Waals surface area (Å²) < 4.78 is 5.47. The van der Waals surface area contributed by atoms with Gasteiger partial charge in [0.25, 0.3) is 0 Å². The van der Waals surface area contributed by atoms with Crippen LogP contribution in [0.4, 0.5) is 0 Å². The Hall–Kier alpha value is -1.09. The Morgan fingerprint density at radius 1 is 1.57 bits per heavy atom. The zero-order chi connectivity index (χ0) is 10.4. The molecule has 1 aromatic heterocycles. The lowest BCUT2D eigenvalue weighted by atomic mass is 10.1. The van der Waals surface area contributed by atoms with Crippen molar-refractivity contribution in [2.75, 3.05) is 6.61 Å². The third kappa shape index (κ3) is 3.34. The molecule has 78 valence electrons. The van der Waals surface area contributed by atoms with E-state index in [2.05, 4.69) is 11.9 Å². The maximum atomic E-state index is 5.75. The van der Waals surface area contributed by atoms with Gasteiger partial charge in [0.1, 0.15) is 0 Å². The molecule has 1 atom stereocenters. The summed E-state index contributed by atoms with van der Waals surface area (Å²) in [6.07, 6.45) is 3.93. The highest BCUT2D eigenvalue weighted by molar-refractivity contribution is 5.22. The minimum absolute atomic E-state index is 0.0338. The number of nitrogens with two attached hydrogens (primary N) is 1. The van der Waals surface area contributed by atoms with Crippen LogP contribution in [0.15, 0.2) is 18.3 Å². The molecule has 0 saturated carbocycles. The molecule has 0 unspecified atom stereocenters. The third-order valence-corrected chi connectivity index (χ3v) is 2.03. The van der Waals surface area contributed by atoms with E-state index >= 15 is 0 Å². The predicted octanol–water partition coefficient (Wildman–Crippen LogP) is 2.28. The summed E-state index contributed by atoms with van der Waals surface area (Å²) >= 11 is 0. The number of ether oxygens (including phenoxy) is 1. The second-order valence-electron chi connectivity index (χ2n) is 3.42. The summed E-state index contributed by atoms with van der Waals surface area (Å²) in [6.45, 7) is 4.81. The van der Waals surface area contributed by atoms with E-state index in [1.807, 2.05) is 19.1 Å². The minimum atomic E-state index is 0.0338. The molecule has 0 aliphatic carbocycles. The van der Waals surface area contributed by atoms with Crippen LogP contribution < -0.4 is 10.5 Å². The van der Waals surface area contributed by atoms with E-state index in [4.69, 9.17) is 10.5 Å². The molecule has 3 heteroatoms. The van der Waals surface area contributed by atoms with Gasteiger partial charge >= 0.3 is 0 Å². The monoisotopic (exact) mass is 194 g/mol. The molecule has 0 saturated heterocycles. The van der Waals surface area contributed by atoms with E-state index < -0.39 is 0 Å². The molecule has 0 bridgehead atoms. The second-order valence-corrected chi connectivity index (χ2v) is 3.42. The van der Waals surface area contributed by atoms with Crippen molar-refractivity contribution in [3.63, 3.8) is 0 Å². The zero-order valence-corrected chi connectivity index (χ0v) is 8.86. The standard InChI is InChI=1S/C11H18N2O/c1-3-4-7-14-11-8-10(9(2)12)5-6-13-11/h5-6,8-9H,3-4,7,12H2,1-2H3/t9-/m0/s1. The van der Waals surface area contributed by atoms with Crippen LogP contribution in [0.5, 0.6) is 5.88 Å². The lowest BCUT2D eigenvalue weighted by molar-refractivity contribution is 0.297. The highest BCUT2D eigenvalue weighted by Crippen LogP contribution is 2.14. The Bertz CT molecular complexity index is 274. The molecule has 1 heterocycles. The number of aromatic nitrogens is 1. The van der Waals surface area contributed by atoms with Crippen molar-refractivity contribution in [1.29, 1.82) is 0 Å². The number of pyridine rings is 1. The van der Waals surface area contributed by atoms with E-state index in [0.717, 1.165) is 25.0 Å². The quantitative estimate of drug-likeness (QED) is 0.731. The second kappa shape index (κ2) is 5.60. The molecular weight excluding hydrogens is 176 g/mol. The Labute approximate surface area is 85.3 Å². The minimum Gasteiger partial charge on any atom is -0.478 e. The van der Waals surface area contributed by atoms with Crippen LogP contribution in [-0.2, 0) is 0 Å². The molecule has 0 aromatic carbocycles. The first-order valence-corrected chi connectivity index (χ1v) is 5.08. The van der Waals surface area contributed by atoms with Gasteiger partial charge in [0, 0.05) is 18.3 Å². The Morgan fingerprint density at radius 2 is 2.36 bits per heavy atom. The van der Waals surface area contributed by atoms with Gasteiger partial charge in [-0.15, -0.1) is 0 Å². The fraction of sp³-hybridized carbons (Fsp3) is 0.545. The molecule has 3 nitrogen and oxygen atoms in total. The summed E-state index contributed by atoms with van der Waals surface area (Å²) in [5, 5.41) is 0. The first-order chi connectivity index (χ1) is 6.74. The van der Waals surface area contributed by atoms with Gasteiger partial charge in [0.15, 0.2) is 0 Å². The number of unbranched alkanes of at least 4 members (excludes halogenated alkanes) is 1. The van der Waals surface area contributed by atoms with Crippen LogP contribution in [0.1, 0.15) is 38.3 Å². The first kappa shape index (κ1) is 11.0. The largest absolute Gasteiger partial charge is 0.478 e. The van der Waals surface area contributed by atoms with Crippen LogP contribution in [0.2, 0.25) is 0 Å². The van der Waals surface area contributed by atoms with Gasteiger partial charge < -0.3 is 10.5 Å². The number of hydrogen-bond donors (Lipinski definition) is 1. The van der Waals surface area contributed by atoms with Crippen molar-refractivity contribution >= 4 is 0 Å². The first-order valence-electron chi connectivity index (χ1n) is 5.08. The number of hydrogen-bond acceptors (Lipinski definition) is 3. The van der Waals surface area contributed by atoms with E-state index in [-0.39, 0.29) is 6.04 Å². The molecular formula is C11H18N2O. The van der Waals surface area contributed by atoms with Gasteiger partial charge in [0.2, 0.25) is 5.88 Å². The van der Waals surface area contributed by atoms with Crippen LogP contribution in [0.25, 0.3) is 0 Å². The molecule has 0 amide bonds. The number of rotatable bonds is 5. The van der Waals surface area contributed by atoms with Crippen molar-refractivity contribution in [3.8, 4) is 5.88 Å². The summed E-state index contributed by atoms with van der Waals surface area (Å²) in [5.74, 6) is 0.674. The smallest absolute Gasteiger partial charge is 0.213 e. The Balaban J connectivity index is 2.55. The van der Waals surface area contributed by atoms with Crippen molar-refractivity contribution in [1.82, 2.24) is 4.98 Å². The van der Waals surface area contributed by atoms with Gasteiger partial charge in [-0.1, -0.05) is 13.3 Å². The SMILES string of the molecule is CCCCOc1cc([C@H](C)N)ccn1. The topological polar surface area (TPSA) is 48.1 Å². The van der Waals surface area contributed by atoms with E-state index in [1.165, 1.54) is 0 Å². The van der Waals surface area contributed by atoms with Crippen molar-refractivity contribution < 1.29 is 4.74 Å². The summed E-state index contributed by atoms with van der Waals surface area (Å²) in [4.78, 5) is 4.12. The molecule has 2 N–H and O–H groups in total. The van der Waals surface area contributed by atoms with Gasteiger partial charge in [-0.25, -0.2) is 4.98 Å². The molecule has 0 fully saturated rings. The van der Waals surface area contributed by atoms with Crippen molar-refractivity contribution in [2.24, 2.45) is 5.73 Å². The molecule has 1 aromatic rings. The van der Waals surface area contributed by atoms with Crippen molar-refractivity contribution in [2.45, 2.75) is 32.7 Å². The Morgan fingerprint density at radius 3 is 3.00 bits per heavy atom. The summed E-state index contributed by atoms with van der Waals surface area (Å²) in [7, 11) is 0. The molecule has 0 radical (unpaired) electrons. The molecule has 1 rings (SSSR count). The Kier molecular flexibility index (Phi) is 4.40. The van der Waals surface area contributed by atoms with Crippen molar-refractivity contribution in [3.05, 3.63) is 23.9 Å². The normalized spacial score (nSPS) is 12.5.